The molecule has 0 bridgehead atoms. The third-order valence-corrected chi connectivity index (χ3v) is 1.80. The van der Waals surface area contributed by atoms with E-state index in [0.29, 0.717) is 13.2 Å². The van der Waals surface area contributed by atoms with E-state index in [1.54, 1.807) is 18.4 Å². The predicted molar refractivity (Wildman–Crippen MR) is 57.9 cm³/mol. The van der Waals surface area contributed by atoms with E-state index in [9.17, 15) is 4.39 Å². The van der Waals surface area contributed by atoms with Crippen LogP contribution in [0.5, 0.6) is 0 Å². The highest BCUT2D eigenvalue weighted by atomic mass is 19.1. The molecule has 0 saturated heterocycles. The smallest absolute Gasteiger partial charge is 0.144 e. The first kappa shape index (κ1) is 10.8. The monoisotopic (exact) mass is 193 g/mol. The average Bonchev–Trinajstić information content (AvgIpc) is 2.19. The molecule has 0 heterocycles. The van der Waals surface area contributed by atoms with Crippen LogP contribution in [0, 0.1) is 5.82 Å². The molecule has 0 saturated carbocycles. The van der Waals surface area contributed by atoms with Gasteiger partial charge >= 0.3 is 0 Å². The van der Waals surface area contributed by atoms with Gasteiger partial charge in [0.05, 0.1) is 12.9 Å². The number of hydrogen-bond donors (Lipinski definition) is 1. The summed E-state index contributed by atoms with van der Waals surface area (Å²) < 4.78 is 17.7. The van der Waals surface area contributed by atoms with Gasteiger partial charge in [-0.15, -0.1) is 0 Å². The molecule has 0 unspecified atom stereocenters. The predicted octanol–water partition coefficient (Wildman–Crippen LogP) is 0.732. The van der Waals surface area contributed by atoms with Crippen molar-refractivity contribution in [3.8, 4) is 0 Å². The van der Waals surface area contributed by atoms with E-state index in [0.717, 1.165) is 11.0 Å². The summed E-state index contributed by atoms with van der Waals surface area (Å²) in [5.74, 6) is -0.232. The summed E-state index contributed by atoms with van der Waals surface area (Å²) in [6, 6.07) is 6.28. The Kier molecular flexibility index (Phi) is 4.20. The van der Waals surface area contributed by atoms with Gasteiger partial charge in [0, 0.05) is 6.54 Å². The maximum atomic E-state index is 12.6. The Bertz CT molecular complexity index is 310. The molecule has 0 aliphatic carbocycles. The zero-order valence-corrected chi connectivity index (χ0v) is 8.16. The average molecular weight is 193 g/mol. The minimum Gasteiger partial charge on any atom is -0.500 e. The normalized spacial score (nSPS) is 11.4. The van der Waals surface area contributed by atoms with Crippen LogP contribution in [-0.2, 0) is 4.74 Å². The lowest BCUT2D eigenvalue weighted by Crippen LogP contribution is -2.05. The molecular weight excluding hydrogens is 180 g/mol. The molecule has 0 aromatic heterocycles. The highest BCUT2D eigenvalue weighted by Crippen LogP contribution is 2.11. The van der Waals surface area contributed by atoms with Crippen molar-refractivity contribution in [2.24, 2.45) is 5.73 Å². The van der Waals surface area contributed by atoms with Gasteiger partial charge < -0.3 is 10.5 Å². The van der Waals surface area contributed by atoms with Crippen molar-refractivity contribution in [1.82, 2.24) is 0 Å². The standard InChI is InChI=1S/C10H13BFNO/c11-10(7-14-6-5-13)8-1-3-9(12)4-2-8/h1-4,7H,5-6,11,13H2. The van der Waals surface area contributed by atoms with Gasteiger partial charge in [-0.3, -0.25) is 0 Å². The summed E-state index contributed by atoms with van der Waals surface area (Å²) in [5, 5.41) is 0. The second-order valence-electron chi connectivity index (χ2n) is 2.97. The van der Waals surface area contributed by atoms with Crippen molar-refractivity contribution in [2.75, 3.05) is 13.2 Å². The number of nitrogens with two attached hydrogens (primary N) is 1. The van der Waals surface area contributed by atoms with Crippen LogP contribution in [0.2, 0.25) is 0 Å². The van der Waals surface area contributed by atoms with Gasteiger partial charge in [-0.2, -0.15) is 0 Å². The fourth-order valence-corrected chi connectivity index (χ4v) is 1.03. The molecule has 14 heavy (non-hydrogen) atoms. The molecule has 1 aromatic rings. The summed E-state index contributed by atoms with van der Waals surface area (Å²) in [7, 11) is 1.91. The third kappa shape index (κ3) is 3.22. The zero-order valence-electron chi connectivity index (χ0n) is 8.16. The quantitative estimate of drug-likeness (QED) is 0.434. The Hall–Kier alpha value is -1.29. The van der Waals surface area contributed by atoms with Crippen LogP contribution in [-0.4, -0.2) is 21.0 Å². The number of benzene rings is 1. The highest BCUT2D eigenvalue weighted by Gasteiger charge is 1.95. The molecule has 0 aliphatic rings. The molecule has 4 heteroatoms. The van der Waals surface area contributed by atoms with Crippen LogP contribution in [0.25, 0.3) is 5.47 Å². The first-order valence-corrected chi connectivity index (χ1v) is 4.48. The molecule has 0 atom stereocenters. The number of hydrogen-bond acceptors (Lipinski definition) is 2. The fraction of sp³-hybridized carbons (Fsp3) is 0.200. The molecule has 0 fully saturated rings. The van der Waals surface area contributed by atoms with Crippen molar-refractivity contribution in [3.63, 3.8) is 0 Å². The number of rotatable bonds is 4. The van der Waals surface area contributed by atoms with E-state index in [2.05, 4.69) is 0 Å². The van der Waals surface area contributed by atoms with Crippen molar-refractivity contribution in [1.29, 1.82) is 0 Å². The molecule has 0 amide bonds. The number of ether oxygens (including phenoxy) is 1. The van der Waals surface area contributed by atoms with E-state index in [-0.39, 0.29) is 5.82 Å². The number of halogens is 1. The Morgan fingerprint density at radius 3 is 2.64 bits per heavy atom. The first-order valence-electron chi connectivity index (χ1n) is 4.48. The Labute approximate surface area is 84.0 Å². The lowest BCUT2D eigenvalue weighted by molar-refractivity contribution is 0.261. The van der Waals surface area contributed by atoms with Crippen molar-refractivity contribution < 1.29 is 9.13 Å². The van der Waals surface area contributed by atoms with Crippen LogP contribution in [0.3, 0.4) is 0 Å². The lowest BCUT2D eigenvalue weighted by atomic mass is 9.90. The van der Waals surface area contributed by atoms with E-state index in [1.807, 2.05) is 7.85 Å². The van der Waals surface area contributed by atoms with Gasteiger partial charge in [-0.25, -0.2) is 4.39 Å². The van der Waals surface area contributed by atoms with Gasteiger partial charge in [0.25, 0.3) is 0 Å². The molecule has 1 aromatic carbocycles. The maximum absolute atomic E-state index is 12.6. The molecule has 2 nitrogen and oxygen atoms in total. The third-order valence-electron chi connectivity index (χ3n) is 1.80. The van der Waals surface area contributed by atoms with Crippen molar-refractivity contribution in [2.45, 2.75) is 0 Å². The SMILES string of the molecule is BC(=COCCN)c1ccc(F)cc1. The summed E-state index contributed by atoms with van der Waals surface area (Å²) in [5.41, 5.74) is 7.17. The second-order valence-corrected chi connectivity index (χ2v) is 2.97. The topological polar surface area (TPSA) is 35.2 Å². The van der Waals surface area contributed by atoms with Gasteiger partial charge in [0.15, 0.2) is 0 Å². The lowest BCUT2D eigenvalue weighted by Gasteiger charge is -2.02. The van der Waals surface area contributed by atoms with E-state index in [1.165, 1.54) is 12.1 Å². The van der Waals surface area contributed by atoms with Gasteiger partial charge in [0.1, 0.15) is 13.7 Å². The van der Waals surface area contributed by atoms with Crippen molar-refractivity contribution >= 4 is 13.3 Å². The summed E-state index contributed by atoms with van der Waals surface area (Å²) in [6.07, 6.45) is 1.64. The Balaban J connectivity index is 2.64. The van der Waals surface area contributed by atoms with Gasteiger partial charge in [-0.05, 0) is 23.2 Å². The summed E-state index contributed by atoms with van der Waals surface area (Å²) >= 11 is 0. The second kappa shape index (κ2) is 5.45. The van der Waals surface area contributed by atoms with E-state index >= 15 is 0 Å². The van der Waals surface area contributed by atoms with Gasteiger partial charge in [-0.1, -0.05) is 12.1 Å². The largest absolute Gasteiger partial charge is 0.500 e. The summed E-state index contributed by atoms with van der Waals surface area (Å²) in [6.45, 7) is 0.992. The van der Waals surface area contributed by atoms with Gasteiger partial charge in [0.2, 0.25) is 0 Å². The van der Waals surface area contributed by atoms with Crippen LogP contribution in [0.1, 0.15) is 5.56 Å². The van der Waals surface area contributed by atoms with Crippen LogP contribution in [0.15, 0.2) is 30.5 Å². The summed E-state index contributed by atoms with van der Waals surface area (Å²) in [4.78, 5) is 0. The minimum atomic E-state index is -0.232. The Morgan fingerprint density at radius 1 is 1.43 bits per heavy atom. The van der Waals surface area contributed by atoms with E-state index < -0.39 is 0 Å². The molecule has 0 radical (unpaired) electrons. The molecule has 0 aliphatic heterocycles. The highest BCUT2D eigenvalue weighted by molar-refractivity contribution is 6.42. The van der Waals surface area contributed by atoms with Crippen LogP contribution < -0.4 is 5.73 Å². The van der Waals surface area contributed by atoms with Crippen molar-refractivity contribution in [3.05, 3.63) is 41.9 Å². The molecule has 74 valence electrons. The first-order chi connectivity index (χ1) is 6.74. The van der Waals surface area contributed by atoms with Crippen LogP contribution >= 0.6 is 0 Å². The maximum Gasteiger partial charge on any atom is 0.144 e. The minimum absolute atomic E-state index is 0.232. The van der Waals surface area contributed by atoms with E-state index in [4.69, 9.17) is 10.5 Å². The Morgan fingerprint density at radius 2 is 2.07 bits per heavy atom. The molecule has 1 rings (SSSR count). The van der Waals surface area contributed by atoms with Crippen LogP contribution in [0.4, 0.5) is 4.39 Å². The molecular formula is C10H13BFNO. The zero-order chi connectivity index (χ0) is 10.4. The molecule has 0 spiro atoms. The molecule has 2 N–H and O–H groups in total. The fourth-order valence-electron chi connectivity index (χ4n) is 1.03.